The lowest BCUT2D eigenvalue weighted by Crippen LogP contribution is -2.16. The number of benzene rings is 1. The monoisotopic (exact) mass is 244 g/mol. The van der Waals surface area contributed by atoms with Crippen LogP contribution in [0.15, 0.2) is 24.3 Å². The van der Waals surface area contributed by atoms with Gasteiger partial charge in [0, 0.05) is 10.8 Å². The van der Waals surface area contributed by atoms with Crippen LogP contribution in [0.4, 0.5) is 0 Å². The molecule has 0 aromatic heterocycles. The summed E-state index contributed by atoms with van der Waals surface area (Å²) in [7, 11) is 1.40. The predicted molar refractivity (Wildman–Crippen MR) is 64.6 cm³/mol. The van der Waals surface area contributed by atoms with E-state index in [9.17, 15) is 4.79 Å². The quantitative estimate of drug-likeness (QED) is 0.762. The third-order valence-corrected chi connectivity index (χ3v) is 2.97. The number of methoxy groups -OCH3 is 1. The summed E-state index contributed by atoms with van der Waals surface area (Å²) in [5, 5.41) is 0.641. The predicted octanol–water partition coefficient (Wildman–Crippen LogP) is 2.96. The second kappa shape index (κ2) is 6.03. The Labute approximate surface area is 99.0 Å². The van der Waals surface area contributed by atoms with Gasteiger partial charge in [0.15, 0.2) is 0 Å². The lowest BCUT2D eigenvalue weighted by molar-refractivity contribution is -0.141. The molecule has 1 atom stereocenters. The highest BCUT2D eigenvalue weighted by Crippen LogP contribution is 2.23. The molecule has 0 aliphatic rings. The Morgan fingerprint density at radius 3 is 2.87 bits per heavy atom. The van der Waals surface area contributed by atoms with Gasteiger partial charge in [-0.1, -0.05) is 23.7 Å². The Morgan fingerprint density at radius 2 is 2.33 bits per heavy atom. The van der Waals surface area contributed by atoms with Crippen LogP contribution in [-0.4, -0.2) is 25.1 Å². The van der Waals surface area contributed by atoms with Crippen LogP contribution in [0.2, 0.25) is 5.02 Å². The summed E-state index contributed by atoms with van der Waals surface area (Å²) < 4.78 is 4.76. The molecule has 0 aliphatic heterocycles. The minimum absolute atomic E-state index is 0.216. The maximum atomic E-state index is 11.5. The van der Waals surface area contributed by atoms with E-state index in [4.69, 9.17) is 16.3 Å². The summed E-state index contributed by atoms with van der Waals surface area (Å²) in [5.74, 6) is 0.253. The molecule has 2 nitrogen and oxygen atoms in total. The zero-order valence-corrected chi connectivity index (χ0v) is 10.3. The molecule has 1 rings (SSSR count). The molecule has 15 heavy (non-hydrogen) atoms. The third kappa shape index (κ3) is 3.43. The number of hydrogen-bond donors (Lipinski definition) is 0. The highest BCUT2D eigenvalue weighted by molar-refractivity contribution is 7.98. The van der Waals surface area contributed by atoms with Crippen molar-refractivity contribution < 1.29 is 9.53 Å². The van der Waals surface area contributed by atoms with Gasteiger partial charge in [0.1, 0.15) is 0 Å². The average Bonchev–Trinajstić information content (AvgIpc) is 2.25. The first-order valence-electron chi connectivity index (χ1n) is 4.51. The Balaban J connectivity index is 2.93. The smallest absolute Gasteiger partial charge is 0.313 e. The second-order valence-corrected chi connectivity index (χ2v) is 4.43. The molecule has 0 N–H and O–H groups in total. The number of esters is 1. The molecule has 0 fully saturated rings. The van der Waals surface area contributed by atoms with E-state index in [1.807, 2.05) is 18.4 Å². The van der Waals surface area contributed by atoms with Crippen molar-refractivity contribution in [1.29, 1.82) is 0 Å². The van der Waals surface area contributed by atoms with Crippen molar-refractivity contribution in [1.82, 2.24) is 0 Å². The molecule has 0 radical (unpaired) electrons. The van der Waals surface area contributed by atoms with Crippen LogP contribution in [0.3, 0.4) is 0 Å². The Morgan fingerprint density at radius 1 is 1.60 bits per heavy atom. The lowest BCUT2D eigenvalue weighted by atomic mass is 10.0. The Bertz CT molecular complexity index is 341. The van der Waals surface area contributed by atoms with Crippen LogP contribution in [0.5, 0.6) is 0 Å². The zero-order chi connectivity index (χ0) is 11.3. The number of carbonyl (C=O) groups excluding carboxylic acids is 1. The maximum Gasteiger partial charge on any atom is 0.313 e. The molecule has 0 saturated carbocycles. The molecule has 0 spiro atoms. The zero-order valence-electron chi connectivity index (χ0n) is 8.70. The highest BCUT2D eigenvalue weighted by Gasteiger charge is 2.20. The van der Waals surface area contributed by atoms with Crippen molar-refractivity contribution in [2.45, 2.75) is 5.92 Å². The molecule has 1 unspecified atom stereocenters. The van der Waals surface area contributed by atoms with Crippen LogP contribution in [0, 0.1) is 0 Å². The topological polar surface area (TPSA) is 26.3 Å². The van der Waals surface area contributed by atoms with E-state index >= 15 is 0 Å². The van der Waals surface area contributed by atoms with E-state index in [-0.39, 0.29) is 11.9 Å². The number of ether oxygens (including phenoxy) is 1. The first-order valence-corrected chi connectivity index (χ1v) is 6.28. The number of carbonyl (C=O) groups is 1. The fourth-order valence-corrected chi connectivity index (χ4v) is 2.19. The molecule has 0 saturated heterocycles. The minimum atomic E-state index is -0.233. The van der Waals surface area contributed by atoms with Crippen molar-refractivity contribution in [3.63, 3.8) is 0 Å². The van der Waals surface area contributed by atoms with Crippen molar-refractivity contribution in [2.24, 2.45) is 0 Å². The van der Waals surface area contributed by atoms with Crippen LogP contribution in [0.25, 0.3) is 0 Å². The van der Waals surface area contributed by atoms with Gasteiger partial charge in [-0.25, -0.2) is 0 Å². The van der Waals surface area contributed by atoms with Crippen molar-refractivity contribution in [2.75, 3.05) is 19.1 Å². The number of halogens is 1. The normalized spacial score (nSPS) is 12.2. The average molecular weight is 245 g/mol. The van der Waals surface area contributed by atoms with E-state index in [0.29, 0.717) is 10.8 Å². The standard InChI is InChI=1S/C11H13ClO2S/c1-14-11(13)10(7-15-2)8-4-3-5-9(12)6-8/h3-6,10H,7H2,1-2H3. The molecule has 0 heterocycles. The minimum Gasteiger partial charge on any atom is -0.469 e. The van der Waals surface area contributed by atoms with Gasteiger partial charge in [0.05, 0.1) is 13.0 Å². The van der Waals surface area contributed by atoms with Gasteiger partial charge < -0.3 is 4.74 Å². The van der Waals surface area contributed by atoms with Crippen molar-refractivity contribution in [3.8, 4) is 0 Å². The molecule has 0 bridgehead atoms. The molecule has 0 aliphatic carbocycles. The highest BCUT2D eigenvalue weighted by atomic mass is 35.5. The van der Waals surface area contributed by atoms with Gasteiger partial charge in [0.25, 0.3) is 0 Å². The first kappa shape index (κ1) is 12.4. The van der Waals surface area contributed by atoms with Gasteiger partial charge in [0.2, 0.25) is 0 Å². The van der Waals surface area contributed by atoms with E-state index in [1.165, 1.54) is 7.11 Å². The van der Waals surface area contributed by atoms with Crippen molar-refractivity contribution >= 4 is 29.3 Å². The SMILES string of the molecule is COC(=O)C(CSC)c1cccc(Cl)c1. The Kier molecular flexibility index (Phi) is 4.99. The summed E-state index contributed by atoms with van der Waals surface area (Å²) in [5.41, 5.74) is 0.906. The van der Waals surface area contributed by atoms with E-state index in [2.05, 4.69) is 0 Å². The summed E-state index contributed by atoms with van der Waals surface area (Å²) >= 11 is 7.49. The van der Waals surface area contributed by atoms with E-state index in [1.54, 1.807) is 23.9 Å². The van der Waals surface area contributed by atoms with Crippen LogP contribution in [-0.2, 0) is 9.53 Å². The van der Waals surface area contributed by atoms with Gasteiger partial charge in [-0.3, -0.25) is 4.79 Å². The lowest BCUT2D eigenvalue weighted by Gasteiger charge is -2.13. The van der Waals surface area contributed by atoms with Crippen LogP contribution >= 0.6 is 23.4 Å². The molecule has 0 amide bonds. The molecular weight excluding hydrogens is 232 g/mol. The maximum absolute atomic E-state index is 11.5. The van der Waals surface area contributed by atoms with Crippen molar-refractivity contribution in [3.05, 3.63) is 34.9 Å². The molecule has 82 valence electrons. The number of hydrogen-bond acceptors (Lipinski definition) is 3. The van der Waals surface area contributed by atoms with Gasteiger partial charge in [-0.15, -0.1) is 0 Å². The fraction of sp³-hybridized carbons (Fsp3) is 0.364. The van der Waals surface area contributed by atoms with Crippen LogP contribution < -0.4 is 0 Å². The summed E-state index contributed by atoms with van der Waals surface area (Å²) in [6.45, 7) is 0. The van der Waals surface area contributed by atoms with E-state index < -0.39 is 0 Å². The van der Waals surface area contributed by atoms with Gasteiger partial charge in [-0.2, -0.15) is 11.8 Å². The molecule has 1 aromatic rings. The van der Waals surface area contributed by atoms with Gasteiger partial charge in [-0.05, 0) is 24.0 Å². The summed E-state index contributed by atoms with van der Waals surface area (Å²) in [6.07, 6.45) is 1.96. The molecule has 1 aromatic carbocycles. The largest absolute Gasteiger partial charge is 0.469 e. The summed E-state index contributed by atoms with van der Waals surface area (Å²) in [4.78, 5) is 11.5. The summed E-state index contributed by atoms with van der Waals surface area (Å²) in [6, 6.07) is 7.33. The first-order chi connectivity index (χ1) is 7.19. The second-order valence-electron chi connectivity index (χ2n) is 3.09. The third-order valence-electron chi connectivity index (χ3n) is 2.07. The number of thioether (sulfide) groups is 1. The van der Waals surface area contributed by atoms with Gasteiger partial charge >= 0.3 is 5.97 Å². The molecular formula is C11H13ClO2S. The molecule has 4 heteroatoms. The fourth-order valence-electron chi connectivity index (χ4n) is 1.33. The van der Waals surface area contributed by atoms with E-state index in [0.717, 1.165) is 5.56 Å². The van der Waals surface area contributed by atoms with Crippen LogP contribution in [0.1, 0.15) is 11.5 Å². The Hall–Kier alpha value is -0.670. The number of rotatable bonds is 4.